The lowest BCUT2D eigenvalue weighted by molar-refractivity contribution is -0.138. The van der Waals surface area contributed by atoms with E-state index in [9.17, 15) is 9.59 Å². The van der Waals surface area contributed by atoms with Crippen LogP contribution in [0.25, 0.3) is 10.9 Å². The third-order valence-corrected chi connectivity index (χ3v) is 3.37. The van der Waals surface area contributed by atoms with Crippen LogP contribution >= 0.6 is 0 Å². The van der Waals surface area contributed by atoms with Gasteiger partial charge in [0.1, 0.15) is 5.69 Å². The molecule has 3 N–H and O–H groups in total. The smallest absolute Gasteiger partial charge is 0.303 e. The Balaban J connectivity index is 1.99. The number of nitrogens with one attached hydrogen (secondary N) is 2. The average Bonchev–Trinajstić information content (AvgIpc) is 2.86. The van der Waals surface area contributed by atoms with Crippen LogP contribution in [0.1, 0.15) is 30.3 Å². The van der Waals surface area contributed by atoms with Crippen LogP contribution in [0.2, 0.25) is 0 Å². The summed E-state index contributed by atoms with van der Waals surface area (Å²) in [6.45, 7) is 2.29. The monoisotopic (exact) mass is 274 g/mol. The predicted octanol–water partition coefficient (Wildman–Crippen LogP) is 2.40. The molecule has 5 nitrogen and oxygen atoms in total. The molecule has 1 amide bonds. The number of carboxylic acid groups (broad SMARTS) is 1. The number of hydrogen-bond acceptors (Lipinski definition) is 2. The van der Waals surface area contributed by atoms with Crippen LogP contribution in [0.5, 0.6) is 0 Å². The number of aliphatic carboxylic acids is 1. The van der Waals surface area contributed by atoms with Crippen LogP contribution in [-0.2, 0) is 4.79 Å². The molecule has 1 atom stereocenters. The van der Waals surface area contributed by atoms with E-state index < -0.39 is 5.97 Å². The van der Waals surface area contributed by atoms with Crippen LogP contribution < -0.4 is 5.32 Å². The van der Waals surface area contributed by atoms with Gasteiger partial charge in [-0.25, -0.2) is 0 Å². The number of carbonyl (C=O) groups is 2. The van der Waals surface area contributed by atoms with E-state index in [1.165, 1.54) is 0 Å². The number of carbonyl (C=O) groups excluding carboxylic acids is 1. The Bertz CT molecular complexity index is 585. The highest BCUT2D eigenvalue weighted by Crippen LogP contribution is 2.14. The minimum absolute atomic E-state index is 0.0409. The van der Waals surface area contributed by atoms with Crippen molar-refractivity contribution in [2.24, 2.45) is 5.92 Å². The predicted molar refractivity (Wildman–Crippen MR) is 76.7 cm³/mol. The van der Waals surface area contributed by atoms with E-state index in [0.717, 1.165) is 17.3 Å². The summed E-state index contributed by atoms with van der Waals surface area (Å²) in [5.41, 5.74) is 1.41. The van der Waals surface area contributed by atoms with Crippen LogP contribution in [-0.4, -0.2) is 28.5 Å². The molecule has 0 spiro atoms. The Hall–Kier alpha value is -2.30. The van der Waals surface area contributed by atoms with E-state index in [4.69, 9.17) is 5.11 Å². The number of aromatic amines is 1. The number of carboxylic acids is 1. The van der Waals surface area contributed by atoms with E-state index in [2.05, 4.69) is 10.3 Å². The highest BCUT2D eigenvalue weighted by atomic mass is 16.4. The molecular weight excluding hydrogens is 256 g/mol. The Morgan fingerprint density at radius 1 is 1.35 bits per heavy atom. The van der Waals surface area contributed by atoms with Crippen molar-refractivity contribution in [2.75, 3.05) is 6.54 Å². The summed E-state index contributed by atoms with van der Waals surface area (Å²) in [5.74, 6) is -1.08. The van der Waals surface area contributed by atoms with Gasteiger partial charge in [0, 0.05) is 23.9 Å². The number of benzene rings is 1. The average molecular weight is 274 g/mol. The molecule has 0 aliphatic rings. The normalized spacial score (nSPS) is 12.2. The van der Waals surface area contributed by atoms with E-state index in [1.54, 1.807) is 6.07 Å². The molecule has 1 heterocycles. The first-order valence-corrected chi connectivity index (χ1v) is 6.68. The summed E-state index contributed by atoms with van der Waals surface area (Å²) in [4.78, 5) is 25.8. The molecule has 20 heavy (non-hydrogen) atoms. The van der Waals surface area contributed by atoms with Crippen molar-refractivity contribution in [3.8, 4) is 0 Å². The molecule has 0 radical (unpaired) electrons. The largest absolute Gasteiger partial charge is 0.481 e. The van der Waals surface area contributed by atoms with Gasteiger partial charge in [0.25, 0.3) is 5.91 Å². The molecule has 0 bridgehead atoms. The van der Waals surface area contributed by atoms with Crippen molar-refractivity contribution >= 4 is 22.8 Å². The molecule has 0 saturated carbocycles. The molecule has 0 aliphatic carbocycles. The fourth-order valence-corrected chi connectivity index (χ4v) is 2.14. The number of para-hydroxylation sites is 1. The van der Waals surface area contributed by atoms with Crippen LogP contribution in [0.15, 0.2) is 30.3 Å². The number of H-pyrrole nitrogens is 1. The molecule has 2 rings (SSSR count). The molecule has 0 saturated heterocycles. The van der Waals surface area contributed by atoms with Crippen molar-refractivity contribution in [2.45, 2.75) is 19.8 Å². The maximum atomic E-state index is 12.0. The van der Waals surface area contributed by atoms with E-state index in [1.807, 2.05) is 31.2 Å². The summed E-state index contributed by atoms with van der Waals surface area (Å²) in [5, 5.41) is 12.5. The Morgan fingerprint density at radius 3 is 2.75 bits per heavy atom. The van der Waals surface area contributed by atoms with E-state index in [-0.39, 0.29) is 18.2 Å². The SMILES string of the molecule is CCC(CNC(=O)c1cc2ccccc2[nH]1)CC(=O)O. The lowest BCUT2D eigenvalue weighted by Crippen LogP contribution is -2.30. The second-order valence-electron chi connectivity index (χ2n) is 4.85. The number of amides is 1. The highest BCUT2D eigenvalue weighted by molar-refractivity contribution is 5.97. The summed E-state index contributed by atoms with van der Waals surface area (Å²) in [6.07, 6.45) is 0.794. The van der Waals surface area contributed by atoms with Gasteiger partial charge >= 0.3 is 5.97 Å². The second kappa shape index (κ2) is 6.23. The minimum atomic E-state index is -0.836. The van der Waals surface area contributed by atoms with Gasteiger partial charge in [0.05, 0.1) is 0 Å². The van der Waals surface area contributed by atoms with Gasteiger partial charge < -0.3 is 15.4 Å². The number of hydrogen-bond donors (Lipinski definition) is 3. The van der Waals surface area contributed by atoms with Gasteiger partial charge in [0.2, 0.25) is 0 Å². The number of rotatable bonds is 6. The zero-order valence-electron chi connectivity index (χ0n) is 11.3. The molecule has 2 aromatic rings. The molecule has 1 aromatic heterocycles. The fourth-order valence-electron chi connectivity index (χ4n) is 2.14. The third-order valence-electron chi connectivity index (χ3n) is 3.37. The number of aromatic nitrogens is 1. The molecule has 106 valence electrons. The number of fused-ring (bicyclic) bond motifs is 1. The minimum Gasteiger partial charge on any atom is -0.481 e. The van der Waals surface area contributed by atoms with Crippen molar-refractivity contribution < 1.29 is 14.7 Å². The quantitative estimate of drug-likeness (QED) is 0.756. The van der Waals surface area contributed by atoms with Gasteiger partial charge in [-0.05, 0) is 18.1 Å². The highest BCUT2D eigenvalue weighted by Gasteiger charge is 2.14. The first-order valence-electron chi connectivity index (χ1n) is 6.68. The first kappa shape index (κ1) is 14.1. The van der Waals surface area contributed by atoms with E-state index >= 15 is 0 Å². The van der Waals surface area contributed by atoms with Crippen molar-refractivity contribution in [1.82, 2.24) is 10.3 Å². The summed E-state index contributed by atoms with van der Waals surface area (Å²) in [6, 6.07) is 9.45. The Morgan fingerprint density at radius 2 is 2.10 bits per heavy atom. The Labute approximate surface area is 117 Å². The van der Waals surface area contributed by atoms with Crippen molar-refractivity contribution in [3.63, 3.8) is 0 Å². The second-order valence-corrected chi connectivity index (χ2v) is 4.85. The van der Waals surface area contributed by atoms with Gasteiger partial charge in [-0.3, -0.25) is 9.59 Å². The molecule has 0 fully saturated rings. The standard InChI is InChI=1S/C15H18N2O3/c1-2-10(7-14(18)19)9-16-15(20)13-8-11-5-3-4-6-12(11)17-13/h3-6,8,10,17H,2,7,9H2,1H3,(H,16,20)(H,18,19). The van der Waals surface area contributed by atoms with Crippen LogP contribution in [0, 0.1) is 5.92 Å². The Kier molecular flexibility index (Phi) is 4.40. The zero-order chi connectivity index (χ0) is 14.5. The third kappa shape index (κ3) is 3.38. The van der Waals surface area contributed by atoms with Crippen molar-refractivity contribution in [1.29, 1.82) is 0 Å². The lowest BCUT2D eigenvalue weighted by atomic mass is 10.0. The topological polar surface area (TPSA) is 82.2 Å². The van der Waals surface area contributed by atoms with Crippen molar-refractivity contribution in [3.05, 3.63) is 36.0 Å². The summed E-state index contributed by atoms with van der Waals surface area (Å²) in [7, 11) is 0. The maximum Gasteiger partial charge on any atom is 0.303 e. The molecule has 0 aliphatic heterocycles. The van der Waals surface area contributed by atoms with Crippen LogP contribution in [0.4, 0.5) is 0 Å². The van der Waals surface area contributed by atoms with Crippen LogP contribution in [0.3, 0.4) is 0 Å². The fraction of sp³-hybridized carbons (Fsp3) is 0.333. The lowest BCUT2D eigenvalue weighted by Gasteiger charge is -2.12. The molecular formula is C15H18N2O3. The van der Waals surface area contributed by atoms with E-state index in [0.29, 0.717) is 12.2 Å². The molecule has 5 heteroatoms. The summed E-state index contributed by atoms with van der Waals surface area (Å²) >= 11 is 0. The molecule has 1 unspecified atom stereocenters. The molecule has 1 aromatic carbocycles. The summed E-state index contributed by atoms with van der Waals surface area (Å²) < 4.78 is 0. The maximum absolute atomic E-state index is 12.0. The van der Waals surface area contributed by atoms with Gasteiger partial charge in [-0.15, -0.1) is 0 Å². The first-order chi connectivity index (χ1) is 9.60. The van der Waals surface area contributed by atoms with Gasteiger partial charge in [-0.1, -0.05) is 31.5 Å². The van der Waals surface area contributed by atoms with Gasteiger partial charge in [0.15, 0.2) is 0 Å². The zero-order valence-corrected chi connectivity index (χ0v) is 11.3. The van der Waals surface area contributed by atoms with Gasteiger partial charge in [-0.2, -0.15) is 0 Å².